The number of ketones is 1. The highest BCUT2D eigenvalue weighted by Gasteiger charge is 2.69. The van der Waals surface area contributed by atoms with Gasteiger partial charge in [0.1, 0.15) is 0 Å². The largest absolute Gasteiger partial charge is 0.351 e. The van der Waals surface area contributed by atoms with Gasteiger partial charge in [0.2, 0.25) is 5.91 Å². The molecule has 0 aromatic rings. The monoisotopic (exact) mass is 509 g/mol. The molecule has 2 unspecified atom stereocenters. The molecule has 0 aromatic heterocycles. The second-order valence-corrected chi connectivity index (χ2v) is 17.3. The Morgan fingerprint density at radius 2 is 1.54 bits per heavy atom. The van der Waals surface area contributed by atoms with E-state index >= 15 is 0 Å². The molecule has 0 spiro atoms. The summed E-state index contributed by atoms with van der Waals surface area (Å²) in [6.07, 6.45) is 13.6. The molecule has 8 atom stereocenters. The zero-order chi connectivity index (χ0) is 27.4. The highest BCUT2D eigenvalue weighted by molar-refractivity contribution is 5.95. The van der Waals surface area contributed by atoms with E-state index in [4.69, 9.17) is 0 Å². The number of carbonyl (C=O) groups excluding carboxylic acids is 2. The maximum atomic E-state index is 14.4. The second kappa shape index (κ2) is 7.97. The summed E-state index contributed by atoms with van der Waals surface area (Å²) in [4.78, 5) is 28.0. The summed E-state index contributed by atoms with van der Waals surface area (Å²) in [7, 11) is 0. The minimum absolute atomic E-state index is 0.00428. The number of hydrogen-bond donors (Lipinski definition) is 1. The molecule has 0 heterocycles. The highest BCUT2D eigenvalue weighted by atomic mass is 16.2. The third-order valence-electron chi connectivity index (χ3n) is 13.4. The van der Waals surface area contributed by atoms with Crippen LogP contribution in [0, 0.1) is 50.2 Å². The van der Waals surface area contributed by atoms with Crippen LogP contribution in [0.1, 0.15) is 133 Å². The number of rotatable bonds is 1. The van der Waals surface area contributed by atoms with Crippen LogP contribution in [0.5, 0.6) is 0 Å². The van der Waals surface area contributed by atoms with Crippen LogP contribution in [0.3, 0.4) is 0 Å². The normalized spacial score (nSPS) is 49.1. The number of allylic oxidation sites excluding steroid dienone is 2. The van der Waals surface area contributed by atoms with E-state index < -0.39 is 0 Å². The summed E-state index contributed by atoms with van der Waals surface area (Å²) < 4.78 is 0. The van der Waals surface area contributed by atoms with Crippen molar-refractivity contribution >= 4 is 11.7 Å². The van der Waals surface area contributed by atoms with Gasteiger partial charge < -0.3 is 5.32 Å². The molecular formula is C34H55NO2. The third-order valence-corrected chi connectivity index (χ3v) is 13.4. The van der Waals surface area contributed by atoms with Crippen molar-refractivity contribution in [1.29, 1.82) is 0 Å². The van der Waals surface area contributed by atoms with E-state index in [2.05, 4.69) is 80.6 Å². The van der Waals surface area contributed by atoms with Crippen molar-refractivity contribution in [2.24, 2.45) is 50.2 Å². The molecule has 0 aromatic carbocycles. The van der Waals surface area contributed by atoms with Crippen LogP contribution in [0.4, 0.5) is 0 Å². The van der Waals surface area contributed by atoms with Gasteiger partial charge in [-0.2, -0.15) is 0 Å². The molecule has 208 valence electrons. The lowest BCUT2D eigenvalue weighted by molar-refractivity contribution is -0.185. The number of hydrogen-bond acceptors (Lipinski definition) is 2. The summed E-state index contributed by atoms with van der Waals surface area (Å²) in [6.45, 7) is 23.3. The molecule has 4 saturated carbocycles. The molecule has 0 radical (unpaired) electrons. The van der Waals surface area contributed by atoms with Crippen molar-refractivity contribution in [2.45, 2.75) is 139 Å². The van der Waals surface area contributed by atoms with Gasteiger partial charge in [0.25, 0.3) is 0 Å². The Bertz CT molecular complexity index is 1030. The molecule has 5 aliphatic rings. The first kappa shape index (κ1) is 27.4. The fourth-order valence-corrected chi connectivity index (χ4v) is 11.0. The van der Waals surface area contributed by atoms with Crippen molar-refractivity contribution in [3.8, 4) is 0 Å². The Hall–Kier alpha value is -1.12. The van der Waals surface area contributed by atoms with Gasteiger partial charge in [-0.25, -0.2) is 0 Å². The van der Waals surface area contributed by atoms with Gasteiger partial charge in [0, 0.05) is 16.9 Å². The quantitative estimate of drug-likeness (QED) is 0.386. The summed E-state index contributed by atoms with van der Waals surface area (Å²) in [5, 5.41) is 3.30. The van der Waals surface area contributed by atoms with Gasteiger partial charge in [-0.1, -0.05) is 60.5 Å². The lowest BCUT2D eigenvalue weighted by atomic mass is 9.33. The first-order valence-corrected chi connectivity index (χ1v) is 15.4. The molecule has 5 rings (SSSR count). The number of nitrogens with one attached hydrogen (secondary N) is 1. The Morgan fingerprint density at radius 1 is 0.892 bits per heavy atom. The molecule has 0 saturated heterocycles. The highest BCUT2D eigenvalue weighted by Crippen LogP contribution is 2.75. The molecule has 3 nitrogen and oxygen atoms in total. The predicted octanol–water partition coefficient (Wildman–Crippen LogP) is 8.27. The molecule has 37 heavy (non-hydrogen) atoms. The Labute approximate surface area is 227 Å². The molecular weight excluding hydrogens is 454 g/mol. The van der Waals surface area contributed by atoms with E-state index in [1.807, 2.05) is 0 Å². The van der Waals surface area contributed by atoms with Gasteiger partial charge in [0.15, 0.2) is 5.78 Å². The van der Waals surface area contributed by atoms with Crippen molar-refractivity contribution < 1.29 is 9.59 Å². The zero-order valence-electron chi connectivity index (χ0n) is 25.7. The number of amides is 1. The van der Waals surface area contributed by atoms with Gasteiger partial charge in [-0.05, 0) is 124 Å². The van der Waals surface area contributed by atoms with Crippen LogP contribution in [-0.2, 0) is 9.59 Å². The van der Waals surface area contributed by atoms with Crippen molar-refractivity contribution in [2.75, 3.05) is 0 Å². The molecule has 4 fully saturated rings. The van der Waals surface area contributed by atoms with Gasteiger partial charge in [0.05, 0.1) is 0 Å². The van der Waals surface area contributed by atoms with E-state index in [1.165, 1.54) is 44.1 Å². The molecule has 5 aliphatic carbocycles. The van der Waals surface area contributed by atoms with Gasteiger partial charge >= 0.3 is 0 Å². The fourth-order valence-electron chi connectivity index (χ4n) is 11.0. The Morgan fingerprint density at radius 3 is 2.19 bits per heavy atom. The average molecular weight is 510 g/mol. The molecule has 1 amide bonds. The fraction of sp³-hybridized carbons (Fsp3) is 0.882. The minimum Gasteiger partial charge on any atom is -0.351 e. The van der Waals surface area contributed by atoms with Crippen molar-refractivity contribution in [1.82, 2.24) is 5.32 Å². The lowest BCUT2D eigenvalue weighted by Gasteiger charge is -2.70. The van der Waals surface area contributed by atoms with E-state index in [0.717, 1.165) is 25.7 Å². The van der Waals surface area contributed by atoms with Gasteiger partial charge in [-0.15, -0.1) is 0 Å². The van der Waals surface area contributed by atoms with Crippen LogP contribution in [0.2, 0.25) is 0 Å². The SMILES string of the molecule is CC(C)(C)NC(=O)C1(C)CC[C@]2(C)CC[C@]3(C)C(=CC(=O)[C@@H]4[C@@]5(C)CCCC(C)(C)C5CC[C@]43C)[C@H]2C1. The number of carbonyl (C=O) groups is 2. The van der Waals surface area contributed by atoms with Crippen LogP contribution >= 0.6 is 0 Å². The van der Waals surface area contributed by atoms with Crippen molar-refractivity contribution in [3.63, 3.8) is 0 Å². The summed E-state index contributed by atoms with van der Waals surface area (Å²) >= 11 is 0. The first-order valence-electron chi connectivity index (χ1n) is 15.4. The van der Waals surface area contributed by atoms with Crippen molar-refractivity contribution in [3.05, 3.63) is 11.6 Å². The Kier molecular flexibility index (Phi) is 5.91. The van der Waals surface area contributed by atoms with Gasteiger partial charge in [-0.3, -0.25) is 9.59 Å². The lowest BCUT2D eigenvalue weighted by Crippen LogP contribution is -2.65. The predicted molar refractivity (Wildman–Crippen MR) is 152 cm³/mol. The van der Waals surface area contributed by atoms with Crippen LogP contribution in [0.15, 0.2) is 11.6 Å². The molecule has 0 aliphatic heterocycles. The van der Waals surface area contributed by atoms with E-state index in [9.17, 15) is 9.59 Å². The number of fused-ring (bicyclic) bond motifs is 7. The standard InChI is InChI=1S/C34H55NO2/c1-28(2,3)35-27(37)31(7)17-16-30(6)18-19-33(9)22(23(30)21-31)20-24(36)26-32(8)14-11-13-29(4,5)25(32)12-15-34(26,33)10/h20,23,25-26H,11-19,21H2,1-10H3,(H,35,37)/t23-,25?,26-,30-,31?,32+,33-,34-/m1/s1. The first-order chi connectivity index (χ1) is 16.8. The van der Waals surface area contributed by atoms with E-state index in [0.29, 0.717) is 23.0 Å². The van der Waals surface area contributed by atoms with E-state index in [1.54, 1.807) is 0 Å². The van der Waals surface area contributed by atoms with Crippen LogP contribution in [0.25, 0.3) is 0 Å². The summed E-state index contributed by atoms with van der Waals surface area (Å²) in [5.41, 5.74) is 1.42. The summed E-state index contributed by atoms with van der Waals surface area (Å²) in [6, 6.07) is 0. The molecule has 1 N–H and O–H groups in total. The van der Waals surface area contributed by atoms with Crippen LogP contribution in [-0.4, -0.2) is 17.2 Å². The third kappa shape index (κ3) is 3.78. The minimum atomic E-state index is -0.381. The Balaban J connectivity index is 1.57. The average Bonchev–Trinajstić information content (AvgIpc) is 2.74. The van der Waals surface area contributed by atoms with Crippen LogP contribution < -0.4 is 5.32 Å². The van der Waals surface area contributed by atoms with E-state index in [-0.39, 0.29) is 44.4 Å². The molecule has 0 bridgehead atoms. The topological polar surface area (TPSA) is 46.2 Å². The summed E-state index contributed by atoms with van der Waals surface area (Å²) in [5.74, 6) is 1.66. The maximum Gasteiger partial charge on any atom is 0.226 e. The maximum absolute atomic E-state index is 14.4. The molecule has 3 heteroatoms. The second-order valence-electron chi connectivity index (χ2n) is 17.3. The zero-order valence-corrected chi connectivity index (χ0v) is 25.7. The smallest absolute Gasteiger partial charge is 0.226 e.